The Bertz CT molecular complexity index is 716. The lowest BCUT2D eigenvalue weighted by Gasteiger charge is -2.10. The lowest BCUT2D eigenvalue weighted by Crippen LogP contribution is -2.21. The van der Waals surface area contributed by atoms with Crippen LogP contribution in [-0.4, -0.2) is 31.3 Å². The van der Waals surface area contributed by atoms with Gasteiger partial charge in [-0.15, -0.1) is 11.8 Å². The van der Waals surface area contributed by atoms with Crippen molar-refractivity contribution in [3.63, 3.8) is 0 Å². The maximum absolute atomic E-state index is 11.9. The van der Waals surface area contributed by atoms with Crippen LogP contribution >= 0.6 is 11.8 Å². The lowest BCUT2D eigenvalue weighted by molar-refractivity contribution is -0.146. The molecular formula is C19H21NO4S. The number of benzene rings is 2. The summed E-state index contributed by atoms with van der Waals surface area (Å²) in [6, 6.07) is 15.1. The first-order valence-corrected chi connectivity index (χ1v) is 8.85. The van der Waals surface area contributed by atoms with Crippen molar-refractivity contribution in [2.24, 2.45) is 0 Å². The highest BCUT2D eigenvalue weighted by atomic mass is 32.2. The molecule has 0 saturated heterocycles. The van der Waals surface area contributed by atoms with Gasteiger partial charge in [0.15, 0.2) is 6.61 Å². The minimum Gasteiger partial charge on any atom is -0.495 e. The Labute approximate surface area is 151 Å². The van der Waals surface area contributed by atoms with Crippen molar-refractivity contribution in [2.75, 3.05) is 24.8 Å². The first-order valence-electron chi connectivity index (χ1n) is 7.86. The van der Waals surface area contributed by atoms with Gasteiger partial charge in [0.25, 0.3) is 5.91 Å². The van der Waals surface area contributed by atoms with E-state index in [1.807, 2.05) is 31.2 Å². The number of hydrogen-bond donors (Lipinski definition) is 1. The van der Waals surface area contributed by atoms with Crippen LogP contribution in [0.1, 0.15) is 12.0 Å². The number of carbonyl (C=O) groups excluding carboxylic acids is 2. The van der Waals surface area contributed by atoms with Gasteiger partial charge in [-0.2, -0.15) is 0 Å². The number of para-hydroxylation sites is 2. The van der Waals surface area contributed by atoms with Gasteiger partial charge in [0.05, 0.1) is 19.2 Å². The molecule has 0 fully saturated rings. The number of thioether (sulfide) groups is 1. The highest BCUT2D eigenvalue weighted by molar-refractivity contribution is 7.99. The Morgan fingerprint density at radius 3 is 2.52 bits per heavy atom. The van der Waals surface area contributed by atoms with E-state index in [1.54, 1.807) is 36.0 Å². The van der Waals surface area contributed by atoms with Gasteiger partial charge < -0.3 is 14.8 Å². The van der Waals surface area contributed by atoms with Gasteiger partial charge in [0.1, 0.15) is 5.75 Å². The Morgan fingerprint density at radius 1 is 1.08 bits per heavy atom. The Kier molecular flexibility index (Phi) is 7.35. The van der Waals surface area contributed by atoms with Gasteiger partial charge in [-0.1, -0.05) is 29.8 Å². The summed E-state index contributed by atoms with van der Waals surface area (Å²) in [5.74, 6) is 0.367. The predicted molar refractivity (Wildman–Crippen MR) is 99.1 cm³/mol. The van der Waals surface area contributed by atoms with Crippen molar-refractivity contribution in [3.8, 4) is 5.75 Å². The highest BCUT2D eigenvalue weighted by Crippen LogP contribution is 2.23. The van der Waals surface area contributed by atoms with Gasteiger partial charge in [-0.3, -0.25) is 9.59 Å². The summed E-state index contributed by atoms with van der Waals surface area (Å²) in [7, 11) is 1.52. The maximum atomic E-state index is 11.9. The molecule has 2 aromatic rings. The lowest BCUT2D eigenvalue weighted by atomic mass is 10.2. The summed E-state index contributed by atoms with van der Waals surface area (Å²) in [5.41, 5.74) is 1.74. The number of nitrogens with one attached hydrogen (secondary N) is 1. The Morgan fingerprint density at radius 2 is 1.80 bits per heavy atom. The van der Waals surface area contributed by atoms with Crippen LogP contribution in [-0.2, 0) is 14.3 Å². The van der Waals surface area contributed by atoms with E-state index in [0.29, 0.717) is 17.2 Å². The second kappa shape index (κ2) is 9.74. The van der Waals surface area contributed by atoms with E-state index in [4.69, 9.17) is 9.47 Å². The van der Waals surface area contributed by atoms with E-state index >= 15 is 0 Å². The summed E-state index contributed by atoms with van der Waals surface area (Å²) in [4.78, 5) is 24.7. The van der Waals surface area contributed by atoms with E-state index in [-0.39, 0.29) is 13.0 Å². The molecule has 0 radical (unpaired) electrons. The summed E-state index contributed by atoms with van der Waals surface area (Å²) >= 11 is 1.58. The summed E-state index contributed by atoms with van der Waals surface area (Å²) in [5, 5.41) is 2.66. The van der Waals surface area contributed by atoms with Crippen LogP contribution in [0, 0.1) is 6.92 Å². The molecule has 0 unspecified atom stereocenters. The molecular weight excluding hydrogens is 338 g/mol. The Hall–Kier alpha value is -2.47. The van der Waals surface area contributed by atoms with Crippen LogP contribution in [0.5, 0.6) is 5.75 Å². The first-order chi connectivity index (χ1) is 12.1. The number of carbonyl (C=O) groups is 2. The summed E-state index contributed by atoms with van der Waals surface area (Å²) < 4.78 is 10.2. The number of hydrogen-bond acceptors (Lipinski definition) is 5. The predicted octanol–water partition coefficient (Wildman–Crippen LogP) is 3.67. The normalized spacial score (nSPS) is 10.2. The quantitative estimate of drug-likeness (QED) is 0.575. The molecule has 1 N–H and O–H groups in total. The molecule has 0 aliphatic carbocycles. The number of amides is 1. The third-order valence-corrected chi connectivity index (χ3v) is 4.35. The highest BCUT2D eigenvalue weighted by Gasteiger charge is 2.10. The third kappa shape index (κ3) is 6.51. The number of rotatable bonds is 8. The second-order valence-electron chi connectivity index (χ2n) is 5.32. The molecule has 0 heterocycles. The van der Waals surface area contributed by atoms with E-state index < -0.39 is 11.9 Å². The van der Waals surface area contributed by atoms with Crippen molar-refractivity contribution >= 4 is 29.3 Å². The molecule has 2 rings (SSSR count). The fourth-order valence-electron chi connectivity index (χ4n) is 2.04. The topological polar surface area (TPSA) is 64.6 Å². The van der Waals surface area contributed by atoms with Crippen LogP contribution in [0.25, 0.3) is 0 Å². The van der Waals surface area contributed by atoms with E-state index in [9.17, 15) is 9.59 Å². The SMILES string of the molecule is COc1ccccc1NC(=O)COC(=O)CCSc1ccc(C)cc1. The van der Waals surface area contributed by atoms with Crippen LogP contribution in [0.3, 0.4) is 0 Å². The Balaban J connectivity index is 1.68. The molecule has 0 aliphatic rings. The zero-order valence-corrected chi connectivity index (χ0v) is 15.1. The molecule has 2 aromatic carbocycles. The molecule has 0 aliphatic heterocycles. The maximum Gasteiger partial charge on any atom is 0.307 e. The molecule has 0 saturated carbocycles. The molecule has 0 aromatic heterocycles. The summed E-state index contributed by atoms with van der Waals surface area (Å²) in [6.07, 6.45) is 0.250. The second-order valence-corrected chi connectivity index (χ2v) is 6.49. The first kappa shape index (κ1) is 18.9. The fraction of sp³-hybridized carbons (Fsp3) is 0.263. The molecule has 0 atom stereocenters. The van der Waals surface area contributed by atoms with Crippen molar-refractivity contribution < 1.29 is 19.1 Å². The third-order valence-electron chi connectivity index (χ3n) is 3.34. The van der Waals surface area contributed by atoms with Crippen LogP contribution in [0.2, 0.25) is 0 Å². The molecule has 25 heavy (non-hydrogen) atoms. The van der Waals surface area contributed by atoms with Crippen LogP contribution < -0.4 is 10.1 Å². The molecule has 0 bridgehead atoms. The van der Waals surface area contributed by atoms with Crippen LogP contribution in [0.15, 0.2) is 53.4 Å². The van der Waals surface area contributed by atoms with Gasteiger partial charge in [-0.05, 0) is 31.2 Å². The molecule has 6 heteroatoms. The minimum absolute atomic E-state index is 0.250. The average Bonchev–Trinajstić information content (AvgIpc) is 2.62. The molecule has 1 amide bonds. The van der Waals surface area contributed by atoms with Crippen molar-refractivity contribution in [3.05, 3.63) is 54.1 Å². The fourth-order valence-corrected chi connectivity index (χ4v) is 2.87. The van der Waals surface area contributed by atoms with Gasteiger partial charge in [0.2, 0.25) is 0 Å². The zero-order chi connectivity index (χ0) is 18.1. The molecule has 0 spiro atoms. The standard InChI is InChI=1S/C19H21NO4S/c1-14-7-9-15(10-8-14)25-12-11-19(22)24-13-18(21)20-16-5-3-4-6-17(16)23-2/h3-10H,11-13H2,1-2H3,(H,20,21). The molecule has 132 valence electrons. The number of esters is 1. The zero-order valence-electron chi connectivity index (χ0n) is 14.3. The molecule has 5 nitrogen and oxygen atoms in total. The van der Waals surface area contributed by atoms with Crippen molar-refractivity contribution in [2.45, 2.75) is 18.2 Å². The minimum atomic E-state index is -0.399. The number of anilines is 1. The number of ether oxygens (including phenoxy) is 2. The van der Waals surface area contributed by atoms with Gasteiger partial charge in [-0.25, -0.2) is 0 Å². The van der Waals surface area contributed by atoms with Crippen molar-refractivity contribution in [1.82, 2.24) is 0 Å². The van der Waals surface area contributed by atoms with Gasteiger partial charge >= 0.3 is 5.97 Å². The summed E-state index contributed by atoms with van der Waals surface area (Å²) in [6.45, 7) is 1.72. The van der Waals surface area contributed by atoms with E-state index in [1.165, 1.54) is 12.7 Å². The number of methoxy groups -OCH3 is 1. The van der Waals surface area contributed by atoms with Gasteiger partial charge in [0, 0.05) is 10.6 Å². The smallest absolute Gasteiger partial charge is 0.307 e. The van der Waals surface area contributed by atoms with E-state index in [2.05, 4.69) is 5.32 Å². The van der Waals surface area contributed by atoms with E-state index in [0.717, 1.165) is 4.90 Å². The monoisotopic (exact) mass is 359 g/mol. The van der Waals surface area contributed by atoms with Crippen LogP contribution in [0.4, 0.5) is 5.69 Å². The van der Waals surface area contributed by atoms with Crippen molar-refractivity contribution in [1.29, 1.82) is 0 Å². The number of aryl methyl sites for hydroxylation is 1. The average molecular weight is 359 g/mol. The largest absolute Gasteiger partial charge is 0.495 e.